The smallest absolute Gasteiger partial charge is 0.202 e. The number of carbonyl (C=O) groups excluding carboxylic acids is 1. The summed E-state index contributed by atoms with van der Waals surface area (Å²) in [5.74, 6) is 0.735. The van der Waals surface area contributed by atoms with Crippen LogP contribution in [0.4, 0.5) is 0 Å². The highest BCUT2D eigenvalue weighted by Crippen LogP contribution is 2.27. The summed E-state index contributed by atoms with van der Waals surface area (Å²) in [6.45, 7) is 8.30. The molecule has 0 spiro atoms. The van der Waals surface area contributed by atoms with Gasteiger partial charge in [0.2, 0.25) is 5.78 Å². The van der Waals surface area contributed by atoms with Gasteiger partial charge in [-0.3, -0.25) is 4.79 Å². The molecule has 128 valence electrons. The molecule has 0 bridgehead atoms. The Labute approximate surface area is 149 Å². The molecule has 25 heavy (non-hydrogen) atoms. The fourth-order valence-electron chi connectivity index (χ4n) is 2.91. The third-order valence-corrected chi connectivity index (χ3v) is 4.46. The summed E-state index contributed by atoms with van der Waals surface area (Å²) in [6.07, 6.45) is -0.536. The molecule has 0 aliphatic rings. The Bertz CT molecular complexity index is 881. The summed E-state index contributed by atoms with van der Waals surface area (Å²) in [5, 5.41) is 2.13. The van der Waals surface area contributed by atoms with E-state index in [1.165, 1.54) is 5.56 Å². The predicted molar refractivity (Wildman–Crippen MR) is 104 cm³/mol. The van der Waals surface area contributed by atoms with Crippen molar-refractivity contribution in [1.82, 2.24) is 0 Å². The minimum atomic E-state index is -0.536. The Morgan fingerprint density at radius 2 is 1.52 bits per heavy atom. The minimum absolute atomic E-state index is 0.00612. The highest BCUT2D eigenvalue weighted by molar-refractivity contribution is 5.99. The molecular weight excluding hydrogens is 308 g/mol. The van der Waals surface area contributed by atoms with E-state index in [1.54, 1.807) is 0 Å². The van der Waals surface area contributed by atoms with E-state index < -0.39 is 6.10 Å². The van der Waals surface area contributed by atoms with Crippen molar-refractivity contribution < 1.29 is 9.53 Å². The number of benzene rings is 3. The van der Waals surface area contributed by atoms with Crippen LogP contribution < -0.4 is 4.74 Å². The van der Waals surface area contributed by atoms with E-state index in [-0.39, 0.29) is 11.2 Å². The SMILES string of the molecule is C[C@@H](Oc1cccc2ccccc12)C(=O)c1ccc(C(C)(C)C)cc1. The van der Waals surface area contributed by atoms with Crippen LogP contribution in [0.5, 0.6) is 5.75 Å². The normalized spacial score (nSPS) is 12.8. The largest absolute Gasteiger partial charge is 0.482 e. The van der Waals surface area contributed by atoms with Gasteiger partial charge in [0.05, 0.1) is 0 Å². The second kappa shape index (κ2) is 6.72. The van der Waals surface area contributed by atoms with Gasteiger partial charge in [0.1, 0.15) is 5.75 Å². The van der Waals surface area contributed by atoms with Gasteiger partial charge in [-0.1, -0.05) is 81.4 Å². The first-order valence-corrected chi connectivity index (χ1v) is 8.65. The van der Waals surface area contributed by atoms with Crippen LogP contribution in [0.2, 0.25) is 0 Å². The zero-order valence-electron chi connectivity index (χ0n) is 15.2. The molecule has 0 unspecified atom stereocenters. The highest BCUT2D eigenvalue weighted by atomic mass is 16.5. The molecule has 3 rings (SSSR count). The van der Waals surface area contributed by atoms with Crippen molar-refractivity contribution in [2.75, 3.05) is 0 Å². The number of ketones is 1. The number of ether oxygens (including phenoxy) is 1. The number of fused-ring (bicyclic) bond motifs is 1. The van der Waals surface area contributed by atoms with Gasteiger partial charge in [0.15, 0.2) is 6.10 Å². The summed E-state index contributed by atoms with van der Waals surface area (Å²) < 4.78 is 5.99. The van der Waals surface area contributed by atoms with E-state index in [1.807, 2.05) is 73.7 Å². The van der Waals surface area contributed by atoms with Crippen molar-refractivity contribution in [2.45, 2.75) is 39.2 Å². The molecule has 0 aliphatic heterocycles. The van der Waals surface area contributed by atoms with Crippen molar-refractivity contribution in [3.63, 3.8) is 0 Å². The number of hydrogen-bond donors (Lipinski definition) is 0. The summed E-state index contributed by atoms with van der Waals surface area (Å²) in [4.78, 5) is 12.7. The fourth-order valence-corrected chi connectivity index (χ4v) is 2.91. The molecule has 2 heteroatoms. The standard InChI is InChI=1S/C23H24O2/c1-16(22(24)18-12-14-19(15-13-18)23(2,3)4)25-21-11-7-9-17-8-5-6-10-20(17)21/h5-16H,1-4H3/t16-/m1/s1. The van der Waals surface area contributed by atoms with Crippen molar-refractivity contribution in [2.24, 2.45) is 0 Å². The van der Waals surface area contributed by atoms with E-state index in [4.69, 9.17) is 4.74 Å². The zero-order valence-corrected chi connectivity index (χ0v) is 15.2. The number of carbonyl (C=O) groups is 1. The molecule has 0 fully saturated rings. The van der Waals surface area contributed by atoms with Gasteiger partial charge in [0.25, 0.3) is 0 Å². The molecule has 0 N–H and O–H groups in total. The van der Waals surface area contributed by atoms with Gasteiger partial charge in [0, 0.05) is 10.9 Å². The van der Waals surface area contributed by atoms with Gasteiger partial charge in [-0.05, 0) is 29.4 Å². The average molecular weight is 332 g/mol. The summed E-state index contributed by atoms with van der Waals surface area (Å²) in [7, 11) is 0. The molecule has 0 saturated carbocycles. The van der Waals surface area contributed by atoms with Gasteiger partial charge >= 0.3 is 0 Å². The highest BCUT2D eigenvalue weighted by Gasteiger charge is 2.19. The molecule has 1 atom stereocenters. The summed E-state index contributed by atoms with van der Waals surface area (Å²) in [6, 6.07) is 21.8. The monoisotopic (exact) mass is 332 g/mol. The molecule has 0 heterocycles. The van der Waals surface area contributed by atoms with E-state index in [9.17, 15) is 4.79 Å². The van der Waals surface area contributed by atoms with Crippen molar-refractivity contribution in [3.8, 4) is 5.75 Å². The van der Waals surface area contributed by atoms with Crippen LogP contribution in [-0.4, -0.2) is 11.9 Å². The van der Waals surface area contributed by atoms with Crippen LogP contribution in [0.3, 0.4) is 0 Å². The topological polar surface area (TPSA) is 26.3 Å². The van der Waals surface area contributed by atoms with Crippen molar-refractivity contribution >= 4 is 16.6 Å². The summed E-state index contributed by atoms with van der Waals surface area (Å²) in [5.41, 5.74) is 1.97. The van der Waals surface area contributed by atoms with Crippen molar-refractivity contribution in [1.29, 1.82) is 0 Å². The number of rotatable bonds is 4. The van der Waals surface area contributed by atoms with Gasteiger partial charge in [-0.25, -0.2) is 0 Å². The van der Waals surface area contributed by atoms with Gasteiger partial charge < -0.3 is 4.74 Å². The van der Waals surface area contributed by atoms with Gasteiger partial charge in [-0.2, -0.15) is 0 Å². The number of Topliss-reactive ketones (excluding diaryl/α,β-unsaturated/α-hetero) is 1. The van der Waals surface area contributed by atoms with E-state index in [0.29, 0.717) is 5.56 Å². The second-order valence-electron chi connectivity index (χ2n) is 7.43. The molecule has 0 aliphatic carbocycles. The lowest BCUT2D eigenvalue weighted by Gasteiger charge is -2.20. The third-order valence-electron chi connectivity index (χ3n) is 4.46. The van der Waals surface area contributed by atoms with Crippen LogP contribution in [-0.2, 0) is 5.41 Å². The zero-order chi connectivity index (χ0) is 18.0. The maximum atomic E-state index is 12.7. The van der Waals surface area contributed by atoms with Crippen LogP contribution in [0.1, 0.15) is 43.6 Å². The lowest BCUT2D eigenvalue weighted by molar-refractivity contribution is 0.0820. The van der Waals surface area contributed by atoms with Crippen LogP contribution in [0, 0.1) is 0 Å². The second-order valence-corrected chi connectivity index (χ2v) is 7.43. The maximum Gasteiger partial charge on any atom is 0.202 e. The number of hydrogen-bond acceptors (Lipinski definition) is 2. The molecular formula is C23H24O2. The summed E-state index contributed by atoms with van der Waals surface area (Å²) >= 11 is 0. The Balaban J connectivity index is 1.81. The molecule has 2 nitrogen and oxygen atoms in total. The Morgan fingerprint density at radius 1 is 0.880 bits per heavy atom. The average Bonchev–Trinajstić information content (AvgIpc) is 2.61. The maximum absolute atomic E-state index is 12.7. The van der Waals surface area contributed by atoms with Gasteiger partial charge in [-0.15, -0.1) is 0 Å². The first-order chi connectivity index (χ1) is 11.9. The molecule has 0 amide bonds. The fraction of sp³-hybridized carbons (Fsp3) is 0.261. The molecule has 0 aromatic heterocycles. The first-order valence-electron chi connectivity index (χ1n) is 8.65. The van der Waals surface area contributed by atoms with Crippen molar-refractivity contribution in [3.05, 3.63) is 77.9 Å². The minimum Gasteiger partial charge on any atom is -0.482 e. The van der Waals surface area contributed by atoms with E-state index >= 15 is 0 Å². The van der Waals surface area contributed by atoms with Crippen LogP contribution >= 0.6 is 0 Å². The lowest BCUT2D eigenvalue weighted by Crippen LogP contribution is -2.24. The lowest BCUT2D eigenvalue weighted by atomic mass is 9.86. The predicted octanol–water partition coefficient (Wildman–Crippen LogP) is 5.79. The van der Waals surface area contributed by atoms with E-state index in [2.05, 4.69) is 20.8 Å². The Hall–Kier alpha value is -2.61. The van der Waals surface area contributed by atoms with Crippen LogP contribution in [0.25, 0.3) is 10.8 Å². The third kappa shape index (κ3) is 3.74. The Morgan fingerprint density at radius 3 is 2.20 bits per heavy atom. The Kier molecular flexibility index (Phi) is 4.63. The first kappa shape index (κ1) is 17.2. The molecule has 3 aromatic rings. The molecule has 3 aromatic carbocycles. The molecule has 0 saturated heterocycles. The molecule has 0 radical (unpaired) electrons. The van der Waals surface area contributed by atoms with Crippen LogP contribution in [0.15, 0.2) is 66.7 Å². The van der Waals surface area contributed by atoms with E-state index in [0.717, 1.165) is 16.5 Å². The quantitative estimate of drug-likeness (QED) is 0.565.